The molecule has 1 heterocycles. The Balaban J connectivity index is 1.50. The first-order valence-electron chi connectivity index (χ1n) is 8.09. The Morgan fingerprint density at radius 1 is 1.32 bits per heavy atom. The van der Waals surface area contributed by atoms with Gasteiger partial charge in [0.05, 0.1) is 6.54 Å². The Bertz CT molecular complexity index is 522. The minimum absolute atomic E-state index is 0.0488. The summed E-state index contributed by atoms with van der Waals surface area (Å²) in [6, 6.07) is 1.72. The number of hydrogen-bond acceptors (Lipinski definition) is 3. The van der Waals surface area contributed by atoms with Crippen molar-refractivity contribution < 1.29 is 9.59 Å². The van der Waals surface area contributed by atoms with Gasteiger partial charge in [-0.1, -0.05) is 0 Å². The lowest BCUT2D eigenvalue weighted by molar-refractivity contribution is -0.137. The summed E-state index contributed by atoms with van der Waals surface area (Å²) in [5.41, 5.74) is 0. The summed E-state index contributed by atoms with van der Waals surface area (Å²) in [6.07, 6.45) is 8.32. The molecule has 1 aromatic rings. The molecule has 2 aliphatic rings. The van der Waals surface area contributed by atoms with Crippen molar-refractivity contribution in [1.82, 2.24) is 20.0 Å². The summed E-state index contributed by atoms with van der Waals surface area (Å²) in [5, 5.41) is 7.22. The van der Waals surface area contributed by atoms with Crippen LogP contribution in [0.1, 0.15) is 38.6 Å². The maximum atomic E-state index is 12.3. The monoisotopic (exact) mass is 304 g/mol. The molecule has 0 aliphatic heterocycles. The molecule has 1 atom stereocenters. The minimum Gasteiger partial charge on any atom is -0.351 e. The van der Waals surface area contributed by atoms with E-state index in [9.17, 15) is 9.59 Å². The quantitative estimate of drug-likeness (QED) is 0.823. The summed E-state index contributed by atoms with van der Waals surface area (Å²) in [7, 11) is 1.67. The van der Waals surface area contributed by atoms with Gasteiger partial charge >= 0.3 is 0 Å². The van der Waals surface area contributed by atoms with E-state index in [1.165, 1.54) is 30.6 Å². The highest BCUT2D eigenvalue weighted by molar-refractivity contribution is 5.86. The Morgan fingerprint density at radius 2 is 1.95 bits per heavy atom. The van der Waals surface area contributed by atoms with Crippen LogP contribution in [0.4, 0.5) is 0 Å². The zero-order valence-electron chi connectivity index (χ0n) is 13.2. The standard InChI is InChI=1S/C16H24N4O2/c1-11(20-9-3-8-17-20)16(22)19(2)10-14(21)18-15(12-4-5-12)13-6-7-13/h3,8-9,11-13,15H,4-7,10H2,1-2H3,(H,18,21). The number of amides is 2. The smallest absolute Gasteiger partial charge is 0.247 e. The van der Waals surface area contributed by atoms with Gasteiger partial charge < -0.3 is 10.2 Å². The second-order valence-electron chi connectivity index (χ2n) is 6.62. The van der Waals surface area contributed by atoms with E-state index in [4.69, 9.17) is 0 Å². The Kier molecular flexibility index (Phi) is 4.18. The van der Waals surface area contributed by atoms with Gasteiger partial charge in [-0.2, -0.15) is 5.10 Å². The number of nitrogens with zero attached hydrogens (tertiary/aromatic N) is 3. The maximum absolute atomic E-state index is 12.3. The first-order valence-corrected chi connectivity index (χ1v) is 8.09. The second-order valence-corrected chi connectivity index (χ2v) is 6.62. The molecule has 3 rings (SSSR count). The largest absolute Gasteiger partial charge is 0.351 e. The van der Waals surface area contributed by atoms with Gasteiger partial charge in [0, 0.05) is 25.5 Å². The highest BCUT2D eigenvalue weighted by atomic mass is 16.2. The Labute approximate surface area is 130 Å². The highest BCUT2D eigenvalue weighted by Crippen LogP contribution is 2.44. The van der Waals surface area contributed by atoms with Crippen LogP contribution in [0.15, 0.2) is 18.5 Å². The van der Waals surface area contributed by atoms with Crippen LogP contribution >= 0.6 is 0 Å². The molecule has 1 aromatic heterocycles. The van der Waals surface area contributed by atoms with Crippen LogP contribution in [0.5, 0.6) is 0 Å². The summed E-state index contributed by atoms with van der Waals surface area (Å²) >= 11 is 0. The fraction of sp³-hybridized carbons (Fsp3) is 0.688. The molecule has 6 heteroatoms. The summed E-state index contributed by atoms with van der Waals surface area (Å²) in [6.45, 7) is 1.90. The van der Waals surface area contributed by atoms with Gasteiger partial charge in [-0.3, -0.25) is 14.3 Å². The summed E-state index contributed by atoms with van der Waals surface area (Å²) < 4.78 is 1.61. The SMILES string of the molecule is CC(C(=O)N(C)CC(=O)NC(C1CC1)C1CC1)n1cccn1. The van der Waals surface area contributed by atoms with Crippen molar-refractivity contribution in [2.24, 2.45) is 11.8 Å². The van der Waals surface area contributed by atoms with E-state index in [1.54, 1.807) is 37.1 Å². The van der Waals surface area contributed by atoms with Crippen LogP contribution in [0, 0.1) is 11.8 Å². The lowest BCUT2D eigenvalue weighted by Gasteiger charge is -2.23. The minimum atomic E-state index is -0.393. The Hall–Kier alpha value is -1.85. The van der Waals surface area contributed by atoms with Crippen LogP contribution < -0.4 is 5.32 Å². The summed E-state index contributed by atoms with van der Waals surface area (Å²) in [5.74, 6) is 1.18. The molecule has 0 radical (unpaired) electrons. The van der Waals surface area contributed by atoms with E-state index in [-0.39, 0.29) is 18.4 Å². The molecule has 0 aromatic carbocycles. The molecule has 22 heavy (non-hydrogen) atoms. The van der Waals surface area contributed by atoms with Gasteiger partial charge in [-0.15, -0.1) is 0 Å². The molecule has 120 valence electrons. The predicted octanol–water partition coefficient (Wildman–Crippen LogP) is 1.21. The molecule has 2 aliphatic carbocycles. The molecule has 1 N–H and O–H groups in total. The topological polar surface area (TPSA) is 67.2 Å². The number of carbonyl (C=O) groups is 2. The first kappa shape index (κ1) is 15.1. The number of likely N-dealkylation sites (N-methyl/N-ethyl adjacent to an activating group) is 1. The second kappa shape index (κ2) is 6.10. The van der Waals surface area contributed by atoms with Gasteiger partial charge in [0.25, 0.3) is 0 Å². The third kappa shape index (κ3) is 3.48. The molecule has 0 bridgehead atoms. The fourth-order valence-electron chi connectivity index (χ4n) is 3.00. The third-order valence-corrected chi connectivity index (χ3v) is 4.62. The number of nitrogens with one attached hydrogen (secondary N) is 1. The predicted molar refractivity (Wildman–Crippen MR) is 82.0 cm³/mol. The van der Waals surface area contributed by atoms with Gasteiger partial charge in [0.2, 0.25) is 11.8 Å². The first-order chi connectivity index (χ1) is 10.6. The van der Waals surface area contributed by atoms with Crippen molar-refractivity contribution in [3.05, 3.63) is 18.5 Å². The zero-order chi connectivity index (χ0) is 15.7. The molecule has 0 spiro atoms. The van der Waals surface area contributed by atoms with Crippen molar-refractivity contribution in [2.45, 2.75) is 44.7 Å². The molecule has 1 unspecified atom stereocenters. The lowest BCUT2D eigenvalue weighted by atomic mass is 10.1. The zero-order valence-corrected chi connectivity index (χ0v) is 13.2. The Morgan fingerprint density at radius 3 is 2.45 bits per heavy atom. The normalized spacial score (nSPS) is 19.0. The molecule has 2 saturated carbocycles. The van der Waals surface area contributed by atoms with Crippen molar-refractivity contribution in [3.63, 3.8) is 0 Å². The van der Waals surface area contributed by atoms with Crippen LogP contribution in [0.25, 0.3) is 0 Å². The molecular weight excluding hydrogens is 280 g/mol. The van der Waals surface area contributed by atoms with E-state index in [1.807, 2.05) is 0 Å². The van der Waals surface area contributed by atoms with Crippen LogP contribution in [-0.4, -0.2) is 46.1 Å². The number of aromatic nitrogens is 2. The van der Waals surface area contributed by atoms with Gasteiger partial charge in [-0.25, -0.2) is 0 Å². The van der Waals surface area contributed by atoms with Gasteiger partial charge in [0.1, 0.15) is 6.04 Å². The van der Waals surface area contributed by atoms with Crippen LogP contribution in [0.2, 0.25) is 0 Å². The summed E-state index contributed by atoms with van der Waals surface area (Å²) in [4.78, 5) is 26.0. The van der Waals surface area contributed by atoms with E-state index >= 15 is 0 Å². The highest BCUT2D eigenvalue weighted by Gasteiger charge is 2.42. The molecule has 2 amide bonds. The van der Waals surface area contributed by atoms with Crippen LogP contribution in [-0.2, 0) is 9.59 Å². The van der Waals surface area contributed by atoms with Crippen molar-refractivity contribution in [2.75, 3.05) is 13.6 Å². The molecule has 2 fully saturated rings. The molecular formula is C16H24N4O2. The average Bonchev–Trinajstić information content (AvgIpc) is 3.42. The fourth-order valence-corrected chi connectivity index (χ4v) is 3.00. The number of hydrogen-bond donors (Lipinski definition) is 1. The van der Waals surface area contributed by atoms with E-state index in [0.29, 0.717) is 17.9 Å². The molecule has 0 saturated heterocycles. The van der Waals surface area contributed by atoms with E-state index in [2.05, 4.69) is 10.4 Å². The maximum Gasteiger partial charge on any atom is 0.247 e. The number of carbonyl (C=O) groups excluding carboxylic acids is 2. The molecule has 6 nitrogen and oxygen atoms in total. The van der Waals surface area contributed by atoms with E-state index < -0.39 is 6.04 Å². The van der Waals surface area contributed by atoms with E-state index in [0.717, 1.165) is 0 Å². The van der Waals surface area contributed by atoms with Crippen molar-refractivity contribution in [1.29, 1.82) is 0 Å². The van der Waals surface area contributed by atoms with Crippen molar-refractivity contribution >= 4 is 11.8 Å². The van der Waals surface area contributed by atoms with Crippen LogP contribution in [0.3, 0.4) is 0 Å². The van der Waals surface area contributed by atoms with Gasteiger partial charge in [-0.05, 0) is 50.5 Å². The number of rotatable bonds is 7. The average molecular weight is 304 g/mol. The van der Waals surface area contributed by atoms with Crippen molar-refractivity contribution in [3.8, 4) is 0 Å². The van der Waals surface area contributed by atoms with Gasteiger partial charge in [0.15, 0.2) is 0 Å². The third-order valence-electron chi connectivity index (χ3n) is 4.62. The lowest BCUT2D eigenvalue weighted by Crippen LogP contribution is -2.45.